The van der Waals surface area contributed by atoms with Crippen molar-refractivity contribution in [3.05, 3.63) is 23.8 Å². The number of para-hydroxylation sites is 1. The molecular weight excluding hydrogens is 352 g/mol. The number of hydrogen-bond donors (Lipinski definition) is 1. The number of hydrogen-bond acceptors (Lipinski definition) is 5. The van der Waals surface area contributed by atoms with E-state index in [-0.39, 0.29) is 37.1 Å². The van der Waals surface area contributed by atoms with Crippen LogP contribution in [0, 0.1) is 6.92 Å². The fraction of sp³-hybridized carbons (Fsp3) is 0.444. The van der Waals surface area contributed by atoms with Gasteiger partial charge in [0.25, 0.3) is 0 Å². The number of likely N-dealkylation sites (N-methyl/N-ethyl adjacent to an activating group) is 1. The molecule has 26 heavy (non-hydrogen) atoms. The first-order valence-corrected chi connectivity index (χ1v) is 9.47. The highest BCUT2D eigenvalue weighted by Gasteiger charge is 2.33. The van der Waals surface area contributed by atoms with Gasteiger partial charge in [0.15, 0.2) is 5.13 Å². The van der Waals surface area contributed by atoms with E-state index in [1.807, 2.05) is 39.2 Å². The lowest BCUT2D eigenvalue weighted by Crippen LogP contribution is -3.06. The van der Waals surface area contributed by atoms with Crippen LogP contribution < -0.4 is 9.80 Å². The highest BCUT2D eigenvalue weighted by Crippen LogP contribution is 2.30. The summed E-state index contributed by atoms with van der Waals surface area (Å²) in [7, 11) is 4.03. The third-order valence-electron chi connectivity index (χ3n) is 4.43. The lowest BCUT2D eigenvalue weighted by molar-refractivity contribution is -0.856. The number of quaternary nitrogens is 1. The van der Waals surface area contributed by atoms with Gasteiger partial charge >= 0.3 is 0 Å². The van der Waals surface area contributed by atoms with Crippen molar-refractivity contribution in [3.63, 3.8) is 0 Å². The maximum atomic E-state index is 12.9. The zero-order valence-electron chi connectivity index (χ0n) is 15.2. The van der Waals surface area contributed by atoms with Crippen LogP contribution in [-0.2, 0) is 14.4 Å². The summed E-state index contributed by atoms with van der Waals surface area (Å²) in [5, 5.41) is 0.611. The largest absolute Gasteiger partial charge is 0.338 e. The van der Waals surface area contributed by atoms with Gasteiger partial charge in [-0.1, -0.05) is 23.5 Å². The van der Waals surface area contributed by atoms with Crippen molar-refractivity contribution in [2.24, 2.45) is 0 Å². The molecule has 1 aliphatic heterocycles. The van der Waals surface area contributed by atoms with Gasteiger partial charge in [-0.15, -0.1) is 0 Å². The minimum Gasteiger partial charge on any atom is -0.338 e. The molecule has 3 rings (SSSR count). The number of nitrogens with zero attached hydrogens (tertiary/aromatic N) is 3. The Hall–Kier alpha value is -2.32. The van der Waals surface area contributed by atoms with Crippen molar-refractivity contribution >= 4 is 44.4 Å². The summed E-state index contributed by atoms with van der Waals surface area (Å²) >= 11 is 1.46. The molecule has 0 radical (unpaired) electrons. The van der Waals surface area contributed by atoms with E-state index in [0.29, 0.717) is 11.7 Å². The Bertz CT molecular complexity index is 845. The molecular formula is C18H23N4O3S+. The molecule has 7 nitrogen and oxygen atoms in total. The molecule has 1 fully saturated rings. The van der Waals surface area contributed by atoms with Gasteiger partial charge in [-0.25, -0.2) is 4.98 Å². The number of amides is 3. The second-order valence-corrected chi connectivity index (χ2v) is 7.80. The van der Waals surface area contributed by atoms with Crippen LogP contribution >= 0.6 is 11.3 Å². The van der Waals surface area contributed by atoms with Gasteiger partial charge in [0.05, 0.1) is 37.4 Å². The molecule has 0 aliphatic carbocycles. The third kappa shape index (κ3) is 3.76. The number of imide groups is 1. The van der Waals surface area contributed by atoms with E-state index in [9.17, 15) is 14.4 Å². The fourth-order valence-corrected chi connectivity index (χ4v) is 3.96. The summed E-state index contributed by atoms with van der Waals surface area (Å²) < 4.78 is 1.02. The molecule has 1 aromatic carbocycles. The van der Waals surface area contributed by atoms with Gasteiger partial charge in [0.1, 0.15) is 6.54 Å². The van der Waals surface area contributed by atoms with Gasteiger partial charge in [-0.05, 0) is 18.6 Å². The zero-order valence-corrected chi connectivity index (χ0v) is 16.1. The van der Waals surface area contributed by atoms with E-state index < -0.39 is 0 Å². The molecule has 0 spiro atoms. The first-order valence-electron chi connectivity index (χ1n) is 8.65. The first kappa shape index (κ1) is 18.5. The number of thiazole rings is 1. The quantitative estimate of drug-likeness (QED) is 0.734. The molecule has 1 N–H and O–H groups in total. The minimum absolute atomic E-state index is 0.189. The standard InChI is InChI=1S/C18H22N4O3S/c1-12-5-4-6-13-17(12)19-18(26-13)21(10-9-20(2)3)16(25)11-22-14(23)7-8-15(22)24/h4-6H,7-11H2,1-3H3/p+1. The Morgan fingerprint density at radius 2 is 1.96 bits per heavy atom. The highest BCUT2D eigenvalue weighted by atomic mass is 32.1. The summed E-state index contributed by atoms with van der Waals surface area (Å²) in [6.07, 6.45) is 0.378. The molecule has 0 saturated carbocycles. The smallest absolute Gasteiger partial charge is 0.249 e. The topological polar surface area (TPSA) is 75.0 Å². The number of aryl methyl sites for hydroxylation is 1. The Balaban J connectivity index is 1.88. The average molecular weight is 375 g/mol. The number of carbonyl (C=O) groups is 3. The lowest BCUT2D eigenvalue weighted by Gasteiger charge is -2.23. The van der Waals surface area contributed by atoms with Gasteiger partial charge in [0, 0.05) is 12.8 Å². The van der Waals surface area contributed by atoms with Gasteiger partial charge in [0.2, 0.25) is 17.7 Å². The summed E-state index contributed by atoms with van der Waals surface area (Å²) in [5.74, 6) is -0.824. The number of carbonyl (C=O) groups excluding carboxylic acids is 3. The molecule has 1 aromatic heterocycles. The van der Waals surface area contributed by atoms with Crippen molar-refractivity contribution in [2.45, 2.75) is 19.8 Å². The molecule has 8 heteroatoms. The number of anilines is 1. The van der Waals surface area contributed by atoms with Crippen molar-refractivity contribution in [3.8, 4) is 0 Å². The van der Waals surface area contributed by atoms with E-state index in [2.05, 4.69) is 4.98 Å². The van der Waals surface area contributed by atoms with E-state index in [1.54, 1.807) is 4.90 Å². The van der Waals surface area contributed by atoms with Crippen LogP contribution in [0.3, 0.4) is 0 Å². The minimum atomic E-state index is -0.276. The predicted octanol–water partition coefficient (Wildman–Crippen LogP) is 0.231. The Morgan fingerprint density at radius 3 is 2.58 bits per heavy atom. The van der Waals surface area contributed by atoms with Crippen LogP contribution in [0.5, 0.6) is 0 Å². The molecule has 2 aromatic rings. The van der Waals surface area contributed by atoms with Crippen molar-refractivity contribution < 1.29 is 19.3 Å². The third-order valence-corrected chi connectivity index (χ3v) is 5.47. The van der Waals surface area contributed by atoms with Gasteiger partial charge in [-0.3, -0.25) is 24.2 Å². The van der Waals surface area contributed by atoms with E-state index >= 15 is 0 Å². The molecule has 1 saturated heterocycles. The fourth-order valence-electron chi connectivity index (χ4n) is 2.87. The van der Waals surface area contributed by atoms with Crippen LogP contribution in [0.1, 0.15) is 18.4 Å². The lowest BCUT2D eigenvalue weighted by atomic mass is 10.2. The maximum Gasteiger partial charge on any atom is 0.249 e. The van der Waals surface area contributed by atoms with Gasteiger partial charge in [-0.2, -0.15) is 0 Å². The van der Waals surface area contributed by atoms with Crippen molar-refractivity contribution in [1.29, 1.82) is 0 Å². The number of aromatic nitrogens is 1. The maximum absolute atomic E-state index is 12.9. The van der Waals surface area contributed by atoms with Crippen LogP contribution in [0.15, 0.2) is 18.2 Å². The van der Waals surface area contributed by atoms with Gasteiger partial charge < -0.3 is 4.90 Å². The summed E-state index contributed by atoms with van der Waals surface area (Å²) in [5.41, 5.74) is 1.94. The van der Waals surface area contributed by atoms with Crippen LogP contribution in [-0.4, -0.2) is 61.3 Å². The number of fused-ring (bicyclic) bond motifs is 1. The molecule has 0 atom stereocenters. The zero-order chi connectivity index (χ0) is 18.8. The number of likely N-dealkylation sites (tertiary alicyclic amines) is 1. The summed E-state index contributed by atoms with van der Waals surface area (Å²) in [6.45, 7) is 3.00. The monoisotopic (exact) mass is 375 g/mol. The normalized spacial score (nSPS) is 14.7. The summed E-state index contributed by atoms with van der Waals surface area (Å²) in [4.78, 5) is 45.1. The number of benzene rings is 1. The second kappa shape index (κ2) is 7.51. The molecule has 3 amide bonds. The SMILES string of the molecule is Cc1cccc2sc(N(CC[NH+](C)C)C(=O)CN3C(=O)CCC3=O)nc12. The van der Waals surface area contributed by atoms with E-state index in [1.165, 1.54) is 16.2 Å². The molecule has 2 heterocycles. The first-order chi connectivity index (χ1) is 12.4. The van der Waals surface area contributed by atoms with Crippen molar-refractivity contribution in [2.75, 3.05) is 38.6 Å². The second-order valence-electron chi connectivity index (χ2n) is 6.79. The van der Waals surface area contributed by atoms with Crippen LogP contribution in [0.2, 0.25) is 0 Å². The predicted molar refractivity (Wildman–Crippen MR) is 100 cm³/mol. The molecule has 138 valence electrons. The van der Waals surface area contributed by atoms with Crippen LogP contribution in [0.4, 0.5) is 5.13 Å². The van der Waals surface area contributed by atoms with E-state index in [4.69, 9.17) is 0 Å². The van der Waals surface area contributed by atoms with E-state index in [0.717, 1.165) is 27.2 Å². The molecule has 0 unspecified atom stereocenters. The summed E-state index contributed by atoms with van der Waals surface area (Å²) in [6, 6.07) is 5.94. The van der Waals surface area contributed by atoms with Crippen molar-refractivity contribution in [1.82, 2.24) is 9.88 Å². The number of nitrogens with one attached hydrogen (secondary N) is 1. The Labute approximate surface area is 156 Å². The molecule has 0 bridgehead atoms. The number of rotatable bonds is 6. The Morgan fingerprint density at radius 1 is 1.27 bits per heavy atom. The highest BCUT2D eigenvalue weighted by molar-refractivity contribution is 7.22. The molecule has 1 aliphatic rings. The van der Waals surface area contributed by atoms with Crippen LogP contribution in [0.25, 0.3) is 10.2 Å². The average Bonchev–Trinajstić information content (AvgIpc) is 3.14. The Kier molecular flexibility index (Phi) is 5.33.